The monoisotopic (exact) mass is 254 g/mol. The van der Waals surface area contributed by atoms with Gasteiger partial charge < -0.3 is 5.11 Å². The number of nitrogens with zero attached hydrogens (tertiary/aromatic N) is 1. The van der Waals surface area contributed by atoms with Gasteiger partial charge in [0.2, 0.25) is 0 Å². The molecule has 0 aliphatic carbocycles. The quantitative estimate of drug-likeness (QED) is 0.892. The number of carboxylic acid groups (broad SMARTS) is 1. The maximum atomic E-state index is 11.0. The minimum absolute atomic E-state index is 0.352. The zero-order valence-electron chi connectivity index (χ0n) is 10.8. The first kappa shape index (κ1) is 13.3. The second-order valence-corrected chi connectivity index (χ2v) is 4.57. The minimum atomic E-state index is -0.878. The van der Waals surface area contributed by atoms with Crippen LogP contribution in [0.15, 0.2) is 42.7 Å². The van der Waals surface area contributed by atoms with E-state index in [4.69, 9.17) is 5.11 Å². The summed E-state index contributed by atoms with van der Waals surface area (Å²) in [5, 5.41) is 9.02. The highest BCUT2D eigenvalue weighted by atomic mass is 16.4. The fraction of sp³-hybridized carbons (Fsp3) is 0.188. The van der Waals surface area contributed by atoms with Crippen molar-refractivity contribution in [3.05, 3.63) is 71.4 Å². The first-order valence-corrected chi connectivity index (χ1v) is 6.19. The van der Waals surface area contributed by atoms with E-state index in [0.717, 1.165) is 29.5 Å². The van der Waals surface area contributed by atoms with Crippen molar-refractivity contribution in [2.75, 3.05) is 0 Å². The van der Waals surface area contributed by atoms with Crippen molar-refractivity contribution in [2.45, 2.75) is 19.8 Å². The van der Waals surface area contributed by atoms with Gasteiger partial charge in [0.25, 0.3) is 0 Å². The second kappa shape index (κ2) is 6.14. The van der Waals surface area contributed by atoms with Crippen LogP contribution >= 0.6 is 0 Å². The van der Waals surface area contributed by atoms with E-state index in [1.165, 1.54) is 0 Å². The van der Waals surface area contributed by atoms with Gasteiger partial charge in [-0.1, -0.05) is 17.7 Å². The number of carbonyl (C=O) groups is 1. The molecule has 2 rings (SSSR count). The van der Waals surface area contributed by atoms with E-state index < -0.39 is 5.97 Å². The third kappa shape index (κ3) is 3.91. The summed E-state index contributed by atoms with van der Waals surface area (Å²) >= 11 is 0. The molecule has 0 aliphatic heterocycles. The van der Waals surface area contributed by atoms with Gasteiger partial charge in [0.15, 0.2) is 0 Å². The van der Waals surface area contributed by atoms with Crippen LogP contribution in [0.4, 0.5) is 0 Å². The van der Waals surface area contributed by atoms with Crippen LogP contribution in [0, 0.1) is 13.3 Å². The van der Waals surface area contributed by atoms with Gasteiger partial charge in [0.05, 0.1) is 5.56 Å². The molecule has 1 N–H and O–H groups in total. The van der Waals surface area contributed by atoms with Crippen LogP contribution in [0.25, 0.3) is 0 Å². The fourth-order valence-corrected chi connectivity index (χ4v) is 2.03. The van der Waals surface area contributed by atoms with Crippen molar-refractivity contribution in [1.29, 1.82) is 0 Å². The molecule has 0 amide bonds. The van der Waals surface area contributed by atoms with E-state index in [1.807, 2.05) is 31.3 Å². The number of pyridine rings is 1. The molecule has 1 radical (unpaired) electrons. The van der Waals surface area contributed by atoms with Gasteiger partial charge in [-0.15, -0.1) is 0 Å². The Morgan fingerprint density at radius 3 is 2.74 bits per heavy atom. The van der Waals surface area contributed by atoms with Gasteiger partial charge in [-0.25, -0.2) is 4.79 Å². The summed E-state index contributed by atoms with van der Waals surface area (Å²) < 4.78 is 0. The molecule has 3 heteroatoms. The van der Waals surface area contributed by atoms with E-state index in [2.05, 4.69) is 11.4 Å². The molecule has 19 heavy (non-hydrogen) atoms. The molecular formula is C16H16NO2. The largest absolute Gasteiger partial charge is 0.478 e. The smallest absolute Gasteiger partial charge is 0.335 e. The first-order valence-electron chi connectivity index (χ1n) is 6.19. The summed E-state index contributed by atoms with van der Waals surface area (Å²) in [6.45, 7) is 1.91. The highest BCUT2D eigenvalue weighted by Crippen LogP contribution is 2.12. The van der Waals surface area contributed by atoms with Gasteiger partial charge in [-0.05, 0) is 55.5 Å². The molecule has 0 unspecified atom stereocenters. The number of benzene rings is 1. The van der Waals surface area contributed by atoms with Crippen molar-refractivity contribution in [1.82, 2.24) is 4.98 Å². The Bertz CT molecular complexity index is 564. The Morgan fingerprint density at radius 1 is 1.26 bits per heavy atom. The zero-order valence-corrected chi connectivity index (χ0v) is 10.8. The van der Waals surface area contributed by atoms with Crippen molar-refractivity contribution >= 4 is 5.97 Å². The predicted molar refractivity (Wildman–Crippen MR) is 74.1 cm³/mol. The standard InChI is InChI=1S/C16H16NO2/c1-12-8-14(10-15(9-12)16(18)19)5-2-4-13-6-3-7-17-11-13/h2-3,6-11H,4-5H2,1H3,(H,18,19). The molecule has 3 nitrogen and oxygen atoms in total. The van der Waals surface area contributed by atoms with E-state index in [9.17, 15) is 4.79 Å². The average Bonchev–Trinajstić information content (AvgIpc) is 2.39. The van der Waals surface area contributed by atoms with Gasteiger partial charge in [0, 0.05) is 12.4 Å². The molecule has 0 aliphatic rings. The molecular weight excluding hydrogens is 238 g/mol. The minimum Gasteiger partial charge on any atom is -0.478 e. The fourth-order valence-electron chi connectivity index (χ4n) is 2.03. The molecule has 0 bridgehead atoms. The van der Waals surface area contributed by atoms with Crippen LogP contribution in [0.2, 0.25) is 0 Å². The number of hydrogen-bond acceptors (Lipinski definition) is 2. The van der Waals surface area contributed by atoms with Gasteiger partial charge >= 0.3 is 5.97 Å². The Morgan fingerprint density at radius 2 is 2.05 bits per heavy atom. The maximum Gasteiger partial charge on any atom is 0.335 e. The lowest BCUT2D eigenvalue weighted by Crippen LogP contribution is -1.99. The summed E-state index contributed by atoms with van der Waals surface area (Å²) in [7, 11) is 0. The SMILES string of the molecule is Cc1cc(C[CH]Cc2cccnc2)cc(C(=O)O)c1. The second-order valence-electron chi connectivity index (χ2n) is 4.57. The maximum absolute atomic E-state index is 11.0. The summed E-state index contributed by atoms with van der Waals surface area (Å²) in [4.78, 5) is 15.0. The number of aromatic carboxylic acids is 1. The topological polar surface area (TPSA) is 50.2 Å². The van der Waals surface area contributed by atoms with E-state index in [1.54, 1.807) is 18.3 Å². The summed E-state index contributed by atoms with van der Waals surface area (Å²) in [5.74, 6) is -0.878. The molecule has 0 atom stereocenters. The van der Waals surface area contributed by atoms with E-state index in [0.29, 0.717) is 5.56 Å². The Balaban J connectivity index is 1.98. The molecule has 0 saturated heterocycles. The van der Waals surface area contributed by atoms with Crippen LogP contribution in [0.5, 0.6) is 0 Å². The van der Waals surface area contributed by atoms with Crippen LogP contribution in [0.1, 0.15) is 27.0 Å². The first-order chi connectivity index (χ1) is 9.15. The van der Waals surface area contributed by atoms with Crippen LogP contribution < -0.4 is 0 Å². The lowest BCUT2D eigenvalue weighted by Gasteiger charge is -2.05. The van der Waals surface area contributed by atoms with Gasteiger partial charge in [0.1, 0.15) is 0 Å². The van der Waals surface area contributed by atoms with Gasteiger partial charge in [-0.2, -0.15) is 0 Å². The van der Waals surface area contributed by atoms with Crippen LogP contribution in [-0.2, 0) is 12.8 Å². The molecule has 0 spiro atoms. The normalized spacial score (nSPS) is 10.4. The lowest BCUT2D eigenvalue weighted by atomic mass is 10.0. The number of aryl methyl sites for hydroxylation is 1. The Kier molecular flexibility index (Phi) is 4.29. The molecule has 1 aromatic heterocycles. The molecule has 0 fully saturated rings. The highest BCUT2D eigenvalue weighted by molar-refractivity contribution is 5.88. The van der Waals surface area contributed by atoms with Crippen molar-refractivity contribution in [3.63, 3.8) is 0 Å². The number of carboxylic acids is 1. The van der Waals surface area contributed by atoms with Crippen molar-refractivity contribution in [2.24, 2.45) is 0 Å². The Labute approximate surface area is 112 Å². The van der Waals surface area contributed by atoms with Crippen LogP contribution in [-0.4, -0.2) is 16.1 Å². The number of rotatable bonds is 5. The average molecular weight is 254 g/mol. The molecule has 2 aromatic rings. The zero-order chi connectivity index (χ0) is 13.7. The third-order valence-electron chi connectivity index (χ3n) is 2.87. The van der Waals surface area contributed by atoms with E-state index in [-0.39, 0.29) is 0 Å². The third-order valence-corrected chi connectivity index (χ3v) is 2.87. The van der Waals surface area contributed by atoms with Gasteiger partial charge in [-0.3, -0.25) is 4.98 Å². The highest BCUT2D eigenvalue weighted by Gasteiger charge is 2.05. The summed E-state index contributed by atoms with van der Waals surface area (Å²) in [5.41, 5.74) is 3.52. The molecule has 97 valence electrons. The lowest BCUT2D eigenvalue weighted by molar-refractivity contribution is 0.0696. The van der Waals surface area contributed by atoms with E-state index >= 15 is 0 Å². The molecule has 0 saturated carbocycles. The Hall–Kier alpha value is -2.16. The molecule has 1 heterocycles. The number of hydrogen-bond donors (Lipinski definition) is 1. The van der Waals surface area contributed by atoms with Crippen molar-refractivity contribution < 1.29 is 9.90 Å². The summed E-state index contributed by atoms with van der Waals surface area (Å²) in [6, 6.07) is 9.38. The molecule has 1 aromatic carbocycles. The van der Waals surface area contributed by atoms with Crippen molar-refractivity contribution in [3.8, 4) is 0 Å². The predicted octanol–water partition coefficient (Wildman–Crippen LogP) is 3.08. The number of aromatic nitrogens is 1. The van der Waals surface area contributed by atoms with Crippen LogP contribution in [0.3, 0.4) is 0 Å². The summed E-state index contributed by atoms with van der Waals surface area (Å²) in [6.07, 6.45) is 7.33.